The van der Waals surface area contributed by atoms with Crippen LogP contribution in [0.1, 0.15) is 37.3 Å². The SMILES string of the molecule is CCC(C)c1ccccc1OCC(=O)Nc1ccc(N)cc1C. The molecule has 0 saturated heterocycles. The van der Waals surface area contributed by atoms with Gasteiger partial charge in [0.05, 0.1) is 0 Å². The molecule has 1 amide bonds. The van der Waals surface area contributed by atoms with Gasteiger partial charge in [-0.1, -0.05) is 32.0 Å². The van der Waals surface area contributed by atoms with Crippen LogP contribution in [0.3, 0.4) is 0 Å². The summed E-state index contributed by atoms with van der Waals surface area (Å²) in [5.41, 5.74) is 9.21. The van der Waals surface area contributed by atoms with Crippen molar-refractivity contribution < 1.29 is 9.53 Å². The molecular weight excluding hydrogens is 288 g/mol. The van der Waals surface area contributed by atoms with Crippen molar-refractivity contribution in [3.05, 3.63) is 53.6 Å². The third kappa shape index (κ3) is 4.49. The molecule has 4 heteroatoms. The Balaban J connectivity index is 2.00. The second-order valence-corrected chi connectivity index (χ2v) is 5.76. The maximum absolute atomic E-state index is 12.1. The first-order valence-electron chi connectivity index (χ1n) is 7.89. The topological polar surface area (TPSA) is 64.3 Å². The van der Waals surface area contributed by atoms with Crippen LogP contribution in [0.25, 0.3) is 0 Å². The van der Waals surface area contributed by atoms with Crippen LogP contribution >= 0.6 is 0 Å². The normalized spacial score (nSPS) is 11.8. The fourth-order valence-electron chi connectivity index (χ4n) is 2.40. The van der Waals surface area contributed by atoms with Gasteiger partial charge in [-0.2, -0.15) is 0 Å². The number of nitrogens with two attached hydrogens (primary N) is 1. The zero-order valence-corrected chi connectivity index (χ0v) is 13.9. The lowest BCUT2D eigenvalue weighted by atomic mass is 9.98. The lowest BCUT2D eigenvalue weighted by molar-refractivity contribution is -0.118. The van der Waals surface area contributed by atoms with Crippen molar-refractivity contribution in [2.75, 3.05) is 17.7 Å². The molecule has 2 aromatic rings. The molecule has 0 radical (unpaired) electrons. The molecule has 4 nitrogen and oxygen atoms in total. The lowest BCUT2D eigenvalue weighted by Crippen LogP contribution is -2.21. The molecule has 2 aromatic carbocycles. The molecule has 0 heterocycles. The van der Waals surface area contributed by atoms with Crippen molar-refractivity contribution in [2.45, 2.75) is 33.1 Å². The second kappa shape index (κ2) is 7.68. The summed E-state index contributed by atoms with van der Waals surface area (Å²) in [6.07, 6.45) is 1.03. The zero-order chi connectivity index (χ0) is 16.8. The summed E-state index contributed by atoms with van der Waals surface area (Å²) >= 11 is 0. The summed E-state index contributed by atoms with van der Waals surface area (Å²) in [7, 11) is 0. The maximum atomic E-state index is 12.1. The first kappa shape index (κ1) is 16.9. The van der Waals surface area contributed by atoms with E-state index in [1.165, 1.54) is 0 Å². The molecule has 0 saturated carbocycles. The number of anilines is 2. The third-order valence-corrected chi connectivity index (χ3v) is 3.95. The number of nitrogens with one attached hydrogen (secondary N) is 1. The highest BCUT2D eigenvalue weighted by Crippen LogP contribution is 2.28. The molecule has 23 heavy (non-hydrogen) atoms. The molecule has 0 fully saturated rings. The molecule has 3 N–H and O–H groups in total. The Morgan fingerprint density at radius 3 is 2.70 bits per heavy atom. The van der Waals surface area contributed by atoms with Crippen LogP contribution in [0.2, 0.25) is 0 Å². The Labute approximate surface area is 137 Å². The van der Waals surface area contributed by atoms with Gasteiger partial charge in [-0.15, -0.1) is 0 Å². The van der Waals surface area contributed by atoms with Gasteiger partial charge in [0.2, 0.25) is 0 Å². The summed E-state index contributed by atoms with van der Waals surface area (Å²) < 4.78 is 5.72. The number of ether oxygens (including phenoxy) is 1. The smallest absolute Gasteiger partial charge is 0.262 e. The molecule has 0 spiro atoms. The van der Waals surface area contributed by atoms with Gasteiger partial charge in [0.15, 0.2) is 6.61 Å². The first-order valence-corrected chi connectivity index (χ1v) is 7.89. The summed E-state index contributed by atoms with van der Waals surface area (Å²) in [5, 5.41) is 2.85. The number of para-hydroxylation sites is 1. The summed E-state index contributed by atoms with van der Waals surface area (Å²) in [6.45, 7) is 6.18. The van der Waals surface area contributed by atoms with Gasteiger partial charge < -0.3 is 15.8 Å². The van der Waals surface area contributed by atoms with E-state index in [0.717, 1.165) is 29.0 Å². The summed E-state index contributed by atoms with van der Waals surface area (Å²) in [6, 6.07) is 13.3. The molecule has 0 aliphatic heterocycles. The number of benzene rings is 2. The zero-order valence-electron chi connectivity index (χ0n) is 13.9. The van der Waals surface area contributed by atoms with Crippen LogP contribution in [0.4, 0.5) is 11.4 Å². The number of nitrogen functional groups attached to an aromatic ring is 1. The highest BCUT2D eigenvalue weighted by atomic mass is 16.5. The molecule has 0 aliphatic carbocycles. The third-order valence-electron chi connectivity index (χ3n) is 3.95. The van der Waals surface area contributed by atoms with Crippen LogP contribution in [-0.4, -0.2) is 12.5 Å². The van der Waals surface area contributed by atoms with Gasteiger partial charge in [0.25, 0.3) is 5.91 Å². The van der Waals surface area contributed by atoms with Gasteiger partial charge >= 0.3 is 0 Å². The van der Waals surface area contributed by atoms with E-state index >= 15 is 0 Å². The van der Waals surface area contributed by atoms with Crippen LogP contribution in [-0.2, 0) is 4.79 Å². The lowest BCUT2D eigenvalue weighted by Gasteiger charge is -2.16. The van der Waals surface area contributed by atoms with Crippen LogP contribution in [0, 0.1) is 6.92 Å². The van der Waals surface area contributed by atoms with Crippen molar-refractivity contribution in [2.24, 2.45) is 0 Å². The molecule has 2 rings (SSSR count). The van der Waals surface area contributed by atoms with Crippen molar-refractivity contribution in [3.63, 3.8) is 0 Å². The van der Waals surface area contributed by atoms with E-state index in [1.54, 1.807) is 12.1 Å². The highest BCUT2D eigenvalue weighted by Gasteiger charge is 2.11. The minimum absolute atomic E-state index is 0.0166. The van der Waals surface area contributed by atoms with E-state index in [1.807, 2.05) is 37.3 Å². The monoisotopic (exact) mass is 312 g/mol. The van der Waals surface area contributed by atoms with Crippen LogP contribution in [0.15, 0.2) is 42.5 Å². The highest BCUT2D eigenvalue weighted by molar-refractivity contribution is 5.92. The van der Waals surface area contributed by atoms with Gasteiger partial charge in [0, 0.05) is 11.4 Å². The number of aryl methyl sites for hydroxylation is 1. The molecule has 1 atom stereocenters. The predicted molar refractivity (Wildman–Crippen MR) is 94.9 cm³/mol. The maximum Gasteiger partial charge on any atom is 0.262 e. The minimum Gasteiger partial charge on any atom is -0.483 e. The number of amides is 1. The van der Waals surface area contributed by atoms with Crippen molar-refractivity contribution >= 4 is 17.3 Å². The quantitative estimate of drug-likeness (QED) is 0.789. The van der Waals surface area contributed by atoms with Crippen LogP contribution in [0.5, 0.6) is 5.75 Å². The second-order valence-electron chi connectivity index (χ2n) is 5.76. The molecule has 122 valence electrons. The van der Waals surface area contributed by atoms with E-state index in [0.29, 0.717) is 11.6 Å². The minimum atomic E-state index is -0.183. The Morgan fingerprint density at radius 1 is 1.26 bits per heavy atom. The number of hydrogen-bond acceptors (Lipinski definition) is 3. The molecule has 0 aliphatic rings. The summed E-state index contributed by atoms with van der Waals surface area (Å²) in [4.78, 5) is 12.1. The average Bonchev–Trinajstić information content (AvgIpc) is 2.55. The molecule has 0 bridgehead atoms. The van der Waals surface area contributed by atoms with Crippen molar-refractivity contribution in [1.29, 1.82) is 0 Å². The standard InChI is InChI=1S/C19H24N2O2/c1-4-13(2)16-7-5-6-8-18(16)23-12-19(22)21-17-10-9-15(20)11-14(17)3/h5-11,13H,4,12,20H2,1-3H3,(H,21,22). The largest absolute Gasteiger partial charge is 0.483 e. The number of carbonyl (C=O) groups excluding carboxylic acids is 1. The summed E-state index contributed by atoms with van der Waals surface area (Å²) in [5.74, 6) is 0.983. The van der Waals surface area contributed by atoms with E-state index in [4.69, 9.17) is 10.5 Å². The average molecular weight is 312 g/mol. The fraction of sp³-hybridized carbons (Fsp3) is 0.316. The first-order chi connectivity index (χ1) is 11.0. The van der Waals surface area contributed by atoms with Gasteiger partial charge in [0.1, 0.15) is 5.75 Å². The Bertz CT molecular complexity index is 683. The number of rotatable bonds is 6. The Kier molecular flexibility index (Phi) is 5.63. The fourth-order valence-corrected chi connectivity index (χ4v) is 2.40. The molecular formula is C19H24N2O2. The van der Waals surface area contributed by atoms with E-state index in [9.17, 15) is 4.79 Å². The van der Waals surface area contributed by atoms with Crippen molar-refractivity contribution in [3.8, 4) is 5.75 Å². The van der Waals surface area contributed by atoms with E-state index in [2.05, 4.69) is 19.2 Å². The Morgan fingerprint density at radius 2 is 2.00 bits per heavy atom. The van der Waals surface area contributed by atoms with Crippen molar-refractivity contribution in [1.82, 2.24) is 0 Å². The number of hydrogen-bond donors (Lipinski definition) is 2. The number of carbonyl (C=O) groups is 1. The van der Waals surface area contributed by atoms with Gasteiger partial charge in [-0.3, -0.25) is 4.79 Å². The van der Waals surface area contributed by atoms with E-state index in [-0.39, 0.29) is 12.5 Å². The van der Waals surface area contributed by atoms with E-state index < -0.39 is 0 Å². The molecule has 1 unspecified atom stereocenters. The van der Waals surface area contributed by atoms with Crippen LogP contribution < -0.4 is 15.8 Å². The Hall–Kier alpha value is -2.49. The van der Waals surface area contributed by atoms with Gasteiger partial charge in [-0.05, 0) is 54.7 Å². The molecule has 0 aromatic heterocycles. The van der Waals surface area contributed by atoms with Gasteiger partial charge in [-0.25, -0.2) is 0 Å². The predicted octanol–water partition coefficient (Wildman–Crippen LogP) is 4.11.